The van der Waals surface area contributed by atoms with E-state index in [9.17, 15) is 33.9 Å². The molecule has 0 bridgehead atoms. The SMILES string of the molecule is CCC(C)C(NC(=O)C(N)CCC(N)=O)C(=O)NC(CO)C(=O)NC(CC(N)=O)C(=O)O. The monoisotopic (exact) mass is 460 g/mol. The lowest BCUT2D eigenvalue weighted by Gasteiger charge is -2.27. The Kier molecular flexibility index (Phi) is 12.5. The van der Waals surface area contributed by atoms with Gasteiger partial charge in [0.2, 0.25) is 29.5 Å². The Morgan fingerprint density at radius 2 is 1.44 bits per heavy atom. The van der Waals surface area contributed by atoms with Gasteiger partial charge in [-0.2, -0.15) is 0 Å². The molecule has 0 saturated carbocycles. The number of aliphatic hydroxyl groups is 1. The minimum Gasteiger partial charge on any atom is -0.480 e. The van der Waals surface area contributed by atoms with Crippen LogP contribution in [-0.2, 0) is 28.8 Å². The van der Waals surface area contributed by atoms with E-state index in [4.69, 9.17) is 22.3 Å². The van der Waals surface area contributed by atoms with Crippen molar-refractivity contribution >= 4 is 35.5 Å². The first kappa shape index (κ1) is 28.7. The molecule has 0 aliphatic rings. The molecule has 0 fully saturated rings. The van der Waals surface area contributed by atoms with E-state index in [1.165, 1.54) is 0 Å². The topological polar surface area (TPSA) is 257 Å². The molecule has 14 nitrogen and oxygen atoms in total. The maximum atomic E-state index is 12.7. The lowest BCUT2D eigenvalue weighted by Crippen LogP contribution is -2.59. The van der Waals surface area contributed by atoms with Gasteiger partial charge in [0.1, 0.15) is 18.1 Å². The third-order valence-electron chi connectivity index (χ3n) is 4.67. The first-order valence-electron chi connectivity index (χ1n) is 9.90. The fourth-order valence-corrected chi connectivity index (χ4v) is 2.52. The van der Waals surface area contributed by atoms with Gasteiger partial charge in [0.05, 0.1) is 19.1 Å². The zero-order valence-electron chi connectivity index (χ0n) is 18.0. The summed E-state index contributed by atoms with van der Waals surface area (Å²) in [5.74, 6) is -6.18. The number of primary amides is 2. The summed E-state index contributed by atoms with van der Waals surface area (Å²) in [6, 6.07) is -5.47. The molecule has 0 saturated heterocycles. The van der Waals surface area contributed by atoms with Crippen LogP contribution in [0.25, 0.3) is 0 Å². The Morgan fingerprint density at radius 3 is 1.88 bits per heavy atom. The second-order valence-electron chi connectivity index (χ2n) is 7.30. The molecular formula is C18H32N6O8. The van der Waals surface area contributed by atoms with Gasteiger partial charge >= 0.3 is 5.97 Å². The number of nitrogens with two attached hydrogens (primary N) is 3. The summed E-state index contributed by atoms with van der Waals surface area (Å²) in [5.41, 5.74) is 15.7. The normalized spacial score (nSPS) is 15.4. The van der Waals surface area contributed by atoms with E-state index in [0.29, 0.717) is 6.42 Å². The van der Waals surface area contributed by atoms with Crippen molar-refractivity contribution in [3.05, 3.63) is 0 Å². The number of aliphatic hydroxyl groups excluding tert-OH is 1. The summed E-state index contributed by atoms with van der Waals surface area (Å²) in [6.45, 7) is 2.52. The number of carbonyl (C=O) groups is 6. The van der Waals surface area contributed by atoms with Gasteiger partial charge in [-0.25, -0.2) is 4.79 Å². The van der Waals surface area contributed by atoms with Crippen molar-refractivity contribution in [3.8, 4) is 0 Å². The van der Waals surface area contributed by atoms with Crippen molar-refractivity contribution < 1.29 is 39.0 Å². The Morgan fingerprint density at radius 1 is 0.875 bits per heavy atom. The zero-order chi connectivity index (χ0) is 25.0. The molecule has 0 rings (SSSR count). The van der Waals surface area contributed by atoms with Crippen LogP contribution in [0.5, 0.6) is 0 Å². The molecular weight excluding hydrogens is 428 g/mol. The van der Waals surface area contributed by atoms with Gasteiger partial charge in [-0.3, -0.25) is 24.0 Å². The van der Waals surface area contributed by atoms with Gasteiger partial charge in [0, 0.05) is 6.42 Å². The molecule has 0 aromatic rings. The molecule has 0 spiro atoms. The Labute approximate surface area is 184 Å². The standard InChI is InChI=1S/C18H32N6O8/c1-3-8(2)14(24-15(28)9(19)4-5-12(20)26)17(30)23-11(7-25)16(29)22-10(18(31)32)6-13(21)27/h8-11,14,25H,3-7,19H2,1-2H3,(H2,20,26)(H2,21,27)(H,22,29)(H,23,30)(H,24,28)(H,31,32). The maximum Gasteiger partial charge on any atom is 0.326 e. The van der Waals surface area contributed by atoms with Crippen molar-refractivity contribution in [2.75, 3.05) is 6.61 Å². The van der Waals surface area contributed by atoms with Crippen LogP contribution in [0.4, 0.5) is 0 Å². The first-order chi connectivity index (χ1) is 14.8. The Hall–Kier alpha value is -3.26. The summed E-state index contributed by atoms with van der Waals surface area (Å²) in [7, 11) is 0. The fraction of sp³-hybridized carbons (Fsp3) is 0.667. The van der Waals surface area contributed by atoms with Gasteiger partial charge in [-0.05, 0) is 12.3 Å². The van der Waals surface area contributed by atoms with Crippen LogP contribution in [0, 0.1) is 5.92 Å². The number of carboxylic acids is 1. The highest BCUT2D eigenvalue weighted by Gasteiger charge is 2.32. The van der Waals surface area contributed by atoms with Crippen LogP contribution in [-0.4, -0.2) is 76.5 Å². The molecule has 5 amide bonds. The molecule has 0 aliphatic heterocycles. The van der Waals surface area contributed by atoms with Gasteiger partial charge in [0.15, 0.2) is 0 Å². The molecule has 182 valence electrons. The summed E-state index contributed by atoms with van der Waals surface area (Å²) in [5, 5.41) is 25.2. The lowest BCUT2D eigenvalue weighted by atomic mass is 9.97. The van der Waals surface area contributed by atoms with Crippen LogP contribution >= 0.6 is 0 Å². The van der Waals surface area contributed by atoms with E-state index in [1.807, 2.05) is 5.32 Å². The second kappa shape index (κ2) is 13.9. The van der Waals surface area contributed by atoms with Gasteiger partial charge in [0.25, 0.3) is 0 Å². The minimum atomic E-state index is -1.65. The number of hydrogen-bond acceptors (Lipinski definition) is 8. The maximum absolute atomic E-state index is 12.7. The van der Waals surface area contributed by atoms with E-state index in [1.54, 1.807) is 13.8 Å². The van der Waals surface area contributed by atoms with Crippen LogP contribution in [0.3, 0.4) is 0 Å². The van der Waals surface area contributed by atoms with Crippen LogP contribution < -0.4 is 33.2 Å². The van der Waals surface area contributed by atoms with Crippen molar-refractivity contribution in [1.29, 1.82) is 0 Å². The predicted molar refractivity (Wildman–Crippen MR) is 110 cm³/mol. The average Bonchev–Trinajstić information content (AvgIpc) is 2.71. The highest BCUT2D eigenvalue weighted by Crippen LogP contribution is 2.09. The Balaban J connectivity index is 5.29. The van der Waals surface area contributed by atoms with Crippen molar-refractivity contribution in [2.24, 2.45) is 23.1 Å². The first-order valence-corrected chi connectivity index (χ1v) is 9.90. The van der Waals surface area contributed by atoms with E-state index in [0.717, 1.165) is 0 Å². The van der Waals surface area contributed by atoms with Crippen molar-refractivity contribution in [1.82, 2.24) is 16.0 Å². The number of carbonyl (C=O) groups excluding carboxylic acids is 5. The quantitative estimate of drug-likeness (QED) is 0.118. The third-order valence-corrected chi connectivity index (χ3v) is 4.67. The molecule has 0 aliphatic carbocycles. The Bertz CT molecular complexity index is 716. The number of aliphatic carboxylic acids is 1. The van der Waals surface area contributed by atoms with E-state index >= 15 is 0 Å². The average molecular weight is 460 g/mol. The molecule has 0 aromatic heterocycles. The number of nitrogens with one attached hydrogen (secondary N) is 3. The molecule has 5 atom stereocenters. The molecule has 0 heterocycles. The van der Waals surface area contributed by atoms with E-state index in [2.05, 4.69) is 10.6 Å². The second-order valence-corrected chi connectivity index (χ2v) is 7.30. The summed E-state index contributed by atoms with van der Waals surface area (Å²) in [6.07, 6.45) is -0.405. The number of rotatable bonds is 15. The van der Waals surface area contributed by atoms with Crippen LogP contribution in [0.2, 0.25) is 0 Å². The number of hydrogen-bond donors (Lipinski definition) is 8. The smallest absolute Gasteiger partial charge is 0.326 e. The third kappa shape index (κ3) is 10.2. The molecule has 0 radical (unpaired) electrons. The van der Waals surface area contributed by atoms with Crippen LogP contribution in [0.15, 0.2) is 0 Å². The lowest BCUT2D eigenvalue weighted by molar-refractivity contribution is -0.144. The predicted octanol–water partition coefficient (Wildman–Crippen LogP) is -3.97. The highest BCUT2D eigenvalue weighted by atomic mass is 16.4. The molecule has 32 heavy (non-hydrogen) atoms. The summed E-state index contributed by atoms with van der Waals surface area (Å²) in [4.78, 5) is 70.3. The largest absolute Gasteiger partial charge is 0.480 e. The molecule has 14 heteroatoms. The number of amides is 5. The molecule has 5 unspecified atom stereocenters. The summed E-state index contributed by atoms with van der Waals surface area (Å²) >= 11 is 0. The van der Waals surface area contributed by atoms with Crippen LogP contribution in [0.1, 0.15) is 39.5 Å². The summed E-state index contributed by atoms with van der Waals surface area (Å²) < 4.78 is 0. The highest BCUT2D eigenvalue weighted by molar-refractivity contribution is 5.95. The number of carboxylic acid groups (broad SMARTS) is 1. The fourth-order valence-electron chi connectivity index (χ4n) is 2.52. The van der Waals surface area contributed by atoms with Gasteiger partial charge < -0.3 is 43.4 Å². The van der Waals surface area contributed by atoms with Crippen molar-refractivity contribution in [2.45, 2.75) is 63.7 Å². The van der Waals surface area contributed by atoms with E-state index < -0.39 is 78.6 Å². The molecule has 0 aromatic carbocycles. The minimum absolute atomic E-state index is 0.0336. The van der Waals surface area contributed by atoms with Crippen molar-refractivity contribution in [3.63, 3.8) is 0 Å². The zero-order valence-corrected chi connectivity index (χ0v) is 18.0. The van der Waals surface area contributed by atoms with E-state index in [-0.39, 0.29) is 12.8 Å². The molecule has 11 N–H and O–H groups in total. The van der Waals surface area contributed by atoms with Gasteiger partial charge in [-0.1, -0.05) is 20.3 Å². The van der Waals surface area contributed by atoms with Gasteiger partial charge in [-0.15, -0.1) is 0 Å².